The van der Waals surface area contributed by atoms with E-state index >= 15 is 0 Å². The first-order chi connectivity index (χ1) is 16.9. The molecule has 0 aromatic heterocycles. The number of nitrogens with zero attached hydrogens (tertiary/aromatic N) is 2. The van der Waals surface area contributed by atoms with Crippen molar-refractivity contribution in [1.29, 1.82) is 0 Å². The number of rotatable bonds is 15. The molecule has 0 saturated carbocycles. The number of aliphatic hydroxyl groups is 1. The average Bonchev–Trinajstić information content (AvgIpc) is 3.43. The minimum absolute atomic E-state index is 0.00993. The normalized spacial score (nSPS) is 30.9. The molecule has 3 unspecified atom stereocenters. The summed E-state index contributed by atoms with van der Waals surface area (Å²) in [5.74, 6) is -2.36. The summed E-state index contributed by atoms with van der Waals surface area (Å²) in [5.41, 5.74) is -1.08. The predicted octanol–water partition coefficient (Wildman–Crippen LogP) is 2.83. The van der Waals surface area contributed by atoms with Crippen molar-refractivity contribution >= 4 is 33.7 Å². The lowest BCUT2D eigenvalue weighted by Crippen LogP contribution is -2.57. The minimum atomic E-state index is -1.08. The number of halogens is 1. The van der Waals surface area contributed by atoms with Gasteiger partial charge in [0.1, 0.15) is 11.6 Å². The van der Waals surface area contributed by atoms with Gasteiger partial charge in [-0.25, -0.2) is 0 Å². The Morgan fingerprint density at radius 1 is 1.29 bits per heavy atom. The average molecular weight is 556 g/mol. The van der Waals surface area contributed by atoms with E-state index < -0.39 is 35.6 Å². The number of ether oxygens (including phenoxy) is 2. The van der Waals surface area contributed by atoms with Crippen LogP contribution in [0.15, 0.2) is 25.3 Å². The van der Waals surface area contributed by atoms with Gasteiger partial charge in [0, 0.05) is 31.1 Å². The van der Waals surface area contributed by atoms with Crippen molar-refractivity contribution in [3.63, 3.8) is 0 Å². The fourth-order valence-corrected chi connectivity index (χ4v) is 6.72. The van der Waals surface area contributed by atoms with Crippen LogP contribution in [-0.4, -0.2) is 88.1 Å². The maximum Gasteiger partial charge on any atom is 0.312 e. The van der Waals surface area contributed by atoms with Crippen LogP contribution in [0, 0.1) is 11.8 Å². The SMILES string of the molecule is C=CCCCOC(=O)[C@H]1[C@H]2C(=O)N(CCCCO)C(C(=O)N(CC=C)CCCC)C23CC(Br)[C@@H]1O3. The zero-order chi connectivity index (χ0) is 25.6. The fraction of sp³-hybridized carbons (Fsp3) is 0.731. The zero-order valence-corrected chi connectivity index (χ0v) is 22.3. The van der Waals surface area contributed by atoms with E-state index in [0.29, 0.717) is 45.3 Å². The van der Waals surface area contributed by atoms with Crippen molar-refractivity contribution < 1.29 is 29.0 Å². The van der Waals surface area contributed by atoms with Crippen LogP contribution < -0.4 is 0 Å². The number of allylic oxidation sites excluding steroid dienone is 1. The highest BCUT2D eigenvalue weighted by Crippen LogP contribution is 2.60. The highest BCUT2D eigenvalue weighted by molar-refractivity contribution is 9.09. The van der Waals surface area contributed by atoms with Gasteiger partial charge in [-0.05, 0) is 38.5 Å². The van der Waals surface area contributed by atoms with Crippen molar-refractivity contribution in [2.45, 2.75) is 74.4 Å². The smallest absolute Gasteiger partial charge is 0.312 e. The van der Waals surface area contributed by atoms with E-state index in [0.717, 1.165) is 19.3 Å². The second kappa shape index (κ2) is 12.5. The largest absolute Gasteiger partial charge is 0.465 e. The van der Waals surface area contributed by atoms with Gasteiger partial charge in [-0.3, -0.25) is 14.4 Å². The molecule has 3 saturated heterocycles. The molecule has 2 bridgehead atoms. The van der Waals surface area contributed by atoms with Crippen LogP contribution in [0.3, 0.4) is 0 Å². The molecule has 3 aliphatic heterocycles. The molecule has 1 spiro atoms. The zero-order valence-electron chi connectivity index (χ0n) is 20.7. The van der Waals surface area contributed by atoms with Crippen LogP contribution in [0.2, 0.25) is 0 Å². The maximum absolute atomic E-state index is 14.0. The van der Waals surface area contributed by atoms with Gasteiger partial charge in [0.2, 0.25) is 11.8 Å². The van der Waals surface area contributed by atoms with Crippen LogP contribution >= 0.6 is 15.9 Å². The molecule has 8 nitrogen and oxygen atoms in total. The van der Waals surface area contributed by atoms with E-state index in [2.05, 4.69) is 36.0 Å². The lowest BCUT2D eigenvalue weighted by Gasteiger charge is -2.37. The van der Waals surface area contributed by atoms with Gasteiger partial charge in [-0.1, -0.05) is 41.4 Å². The number of carbonyl (C=O) groups is 3. The van der Waals surface area contributed by atoms with Gasteiger partial charge in [-0.15, -0.1) is 13.2 Å². The van der Waals surface area contributed by atoms with Gasteiger partial charge < -0.3 is 24.4 Å². The molecule has 3 heterocycles. The third-order valence-electron chi connectivity index (χ3n) is 7.34. The molecule has 196 valence electrons. The monoisotopic (exact) mass is 554 g/mol. The number of amides is 2. The van der Waals surface area contributed by atoms with Crippen LogP contribution in [0.25, 0.3) is 0 Å². The van der Waals surface area contributed by atoms with Crippen LogP contribution in [0.4, 0.5) is 0 Å². The molecular formula is C26H39BrN2O6. The first-order valence-electron chi connectivity index (χ1n) is 12.8. The maximum atomic E-state index is 14.0. The quantitative estimate of drug-likeness (QED) is 0.145. The number of unbranched alkanes of at least 4 members (excludes halogenated alkanes) is 3. The Balaban J connectivity index is 1.94. The molecule has 2 amide bonds. The third kappa shape index (κ3) is 5.37. The van der Waals surface area contributed by atoms with Gasteiger partial charge in [0.15, 0.2) is 0 Å². The van der Waals surface area contributed by atoms with E-state index in [1.54, 1.807) is 22.0 Å². The molecule has 6 atom stereocenters. The standard InChI is InChI=1S/C26H39BrN2O6/c1-4-7-11-16-34-25(33)19-20-23(31)29(14-9-10-15-30)22(26(20)17-18(27)21(19)35-26)24(32)28(12-6-3)13-8-5-2/h4,6,18-22,30H,1,3,5,7-17H2,2H3/t18?,19-,20-,21-,22?,26?/m0/s1. The number of aliphatic hydroxyl groups excluding tert-OH is 1. The number of hydrogen-bond acceptors (Lipinski definition) is 6. The van der Waals surface area contributed by atoms with Crippen molar-refractivity contribution in [3.05, 3.63) is 25.3 Å². The first-order valence-corrected chi connectivity index (χ1v) is 13.7. The van der Waals surface area contributed by atoms with E-state index in [9.17, 15) is 19.5 Å². The van der Waals surface area contributed by atoms with E-state index in [4.69, 9.17) is 9.47 Å². The summed E-state index contributed by atoms with van der Waals surface area (Å²) in [7, 11) is 0. The van der Waals surface area contributed by atoms with Gasteiger partial charge in [0.25, 0.3) is 0 Å². The predicted molar refractivity (Wildman–Crippen MR) is 136 cm³/mol. The Morgan fingerprint density at radius 3 is 2.71 bits per heavy atom. The number of esters is 1. The molecule has 9 heteroatoms. The summed E-state index contributed by atoms with van der Waals surface area (Å²) in [6.45, 7) is 11.1. The number of hydrogen-bond donors (Lipinski definition) is 1. The third-order valence-corrected chi connectivity index (χ3v) is 8.19. The molecule has 3 aliphatic rings. The highest BCUT2D eigenvalue weighted by atomic mass is 79.9. The van der Waals surface area contributed by atoms with Crippen LogP contribution in [0.5, 0.6) is 0 Å². The Hall–Kier alpha value is -1.71. The fourth-order valence-electron chi connectivity index (χ4n) is 5.78. The van der Waals surface area contributed by atoms with Crippen molar-refractivity contribution in [2.75, 3.05) is 32.8 Å². The molecule has 0 aliphatic carbocycles. The Bertz CT molecular complexity index is 807. The second-order valence-corrected chi connectivity index (χ2v) is 10.8. The Labute approximate surface area is 216 Å². The second-order valence-electron chi connectivity index (χ2n) is 9.65. The Kier molecular flexibility index (Phi) is 9.95. The van der Waals surface area contributed by atoms with E-state index in [-0.39, 0.29) is 29.9 Å². The molecule has 3 fully saturated rings. The summed E-state index contributed by atoms with van der Waals surface area (Å²) < 4.78 is 12.0. The minimum Gasteiger partial charge on any atom is -0.465 e. The molecule has 0 radical (unpaired) electrons. The summed E-state index contributed by atoms with van der Waals surface area (Å²) in [6, 6.07) is -0.820. The lowest BCUT2D eigenvalue weighted by atomic mass is 9.70. The summed E-state index contributed by atoms with van der Waals surface area (Å²) in [6.07, 6.45) is 7.66. The molecule has 0 aromatic carbocycles. The van der Waals surface area contributed by atoms with Gasteiger partial charge in [0.05, 0.1) is 24.5 Å². The van der Waals surface area contributed by atoms with E-state index in [1.165, 1.54) is 0 Å². The molecule has 3 rings (SSSR count). The number of likely N-dealkylation sites (tertiary alicyclic amines) is 1. The van der Waals surface area contributed by atoms with Crippen molar-refractivity contribution in [1.82, 2.24) is 9.80 Å². The van der Waals surface area contributed by atoms with E-state index in [1.807, 2.05) is 0 Å². The number of alkyl halides is 1. The molecular weight excluding hydrogens is 516 g/mol. The lowest BCUT2D eigenvalue weighted by molar-refractivity contribution is -0.155. The summed E-state index contributed by atoms with van der Waals surface area (Å²) >= 11 is 3.67. The molecule has 35 heavy (non-hydrogen) atoms. The molecule has 1 N–H and O–H groups in total. The van der Waals surface area contributed by atoms with Gasteiger partial charge in [-0.2, -0.15) is 0 Å². The Morgan fingerprint density at radius 2 is 2.06 bits per heavy atom. The summed E-state index contributed by atoms with van der Waals surface area (Å²) in [4.78, 5) is 44.2. The number of fused-ring (bicyclic) bond motifs is 1. The number of carbonyl (C=O) groups excluding carboxylic acids is 3. The highest BCUT2D eigenvalue weighted by Gasteiger charge is 2.77. The van der Waals surface area contributed by atoms with Crippen LogP contribution in [0.1, 0.15) is 51.9 Å². The van der Waals surface area contributed by atoms with Crippen molar-refractivity contribution in [3.8, 4) is 0 Å². The van der Waals surface area contributed by atoms with Crippen LogP contribution in [-0.2, 0) is 23.9 Å². The summed E-state index contributed by atoms with van der Waals surface area (Å²) in [5, 5.41) is 9.28. The first kappa shape index (κ1) is 27.9. The molecule has 0 aromatic rings. The van der Waals surface area contributed by atoms with Gasteiger partial charge >= 0.3 is 5.97 Å². The van der Waals surface area contributed by atoms with Crippen molar-refractivity contribution in [2.24, 2.45) is 11.8 Å². The topological polar surface area (TPSA) is 96.4 Å².